The van der Waals surface area contributed by atoms with Crippen LogP contribution >= 0.6 is 0 Å². The lowest BCUT2D eigenvalue weighted by atomic mass is 10.2. The molecule has 19 heavy (non-hydrogen) atoms. The topological polar surface area (TPSA) is 66.6 Å². The molecular weight excluding hydrogens is 262 g/mol. The zero-order valence-electron chi connectivity index (χ0n) is 10.8. The Balaban J connectivity index is 1.79. The van der Waals surface area contributed by atoms with Crippen LogP contribution in [0, 0.1) is 0 Å². The average molecular weight is 281 g/mol. The molecule has 0 unspecified atom stereocenters. The molecule has 1 fully saturated rings. The van der Waals surface area contributed by atoms with Gasteiger partial charge in [0.15, 0.2) is 0 Å². The molecule has 104 valence electrons. The van der Waals surface area contributed by atoms with Crippen molar-refractivity contribution in [1.82, 2.24) is 9.21 Å². The monoisotopic (exact) mass is 281 g/mol. The first kappa shape index (κ1) is 14.2. The van der Waals surface area contributed by atoms with Crippen molar-refractivity contribution in [2.24, 2.45) is 5.14 Å². The van der Waals surface area contributed by atoms with Crippen LogP contribution in [-0.4, -0.2) is 50.3 Å². The first-order valence-corrected chi connectivity index (χ1v) is 7.78. The number of rotatable bonds is 4. The van der Waals surface area contributed by atoms with Crippen LogP contribution in [0.4, 0.5) is 0 Å². The van der Waals surface area contributed by atoms with E-state index in [0.29, 0.717) is 13.1 Å². The van der Waals surface area contributed by atoms with E-state index in [0.717, 1.165) is 19.6 Å². The fourth-order valence-corrected chi connectivity index (χ4v) is 2.74. The fourth-order valence-electron chi connectivity index (χ4n) is 2.07. The Morgan fingerprint density at radius 2 is 1.74 bits per heavy atom. The van der Waals surface area contributed by atoms with Crippen LogP contribution in [-0.2, 0) is 10.2 Å². The highest BCUT2D eigenvalue weighted by Gasteiger charge is 2.22. The lowest BCUT2D eigenvalue weighted by molar-refractivity contribution is 0.204. The molecule has 0 amide bonds. The number of benzene rings is 1. The second-order valence-electron chi connectivity index (χ2n) is 4.56. The van der Waals surface area contributed by atoms with Gasteiger partial charge in [0, 0.05) is 32.7 Å². The molecule has 0 bridgehead atoms. The second kappa shape index (κ2) is 6.29. The quantitative estimate of drug-likeness (QED) is 0.875. The maximum atomic E-state index is 11.2. The average Bonchev–Trinajstić information content (AvgIpc) is 2.39. The van der Waals surface area contributed by atoms with Crippen molar-refractivity contribution in [2.75, 3.05) is 32.7 Å². The molecule has 0 radical (unpaired) electrons. The van der Waals surface area contributed by atoms with E-state index in [-0.39, 0.29) is 0 Å². The zero-order chi connectivity index (χ0) is 13.7. The Labute approximate surface area is 114 Å². The minimum absolute atomic E-state index is 0.470. The summed E-state index contributed by atoms with van der Waals surface area (Å²) in [7, 11) is -3.52. The second-order valence-corrected chi connectivity index (χ2v) is 6.10. The number of nitrogens with zero attached hydrogens (tertiary/aromatic N) is 2. The summed E-state index contributed by atoms with van der Waals surface area (Å²) < 4.78 is 23.7. The highest BCUT2D eigenvalue weighted by molar-refractivity contribution is 7.86. The molecule has 1 saturated heterocycles. The molecule has 0 spiro atoms. The third-order valence-corrected chi connectivity index (χ3v) is 4.25. The maximum absolute atomic E-state index is 11.2. The molecule has 2 rings (SSSR count). The Morgan fingerprint density at radius 1 is 1.11 bits per heavy atom. The molecule has 1 aromatic carbocycles. The van der Waals surface area contributed by atoms with E-state index in [4.69, 9.17) is 5.14 Å². The highest BCUT2D eigenvalue weighted by Crippen LogP contribution is 2.05. The first-order valence-electron chi connectivity index (χ1n) is 6.27. The maximum Gasteiger partial charge on any atom is 0.276 e. The fraction of sp³-hybridized carbons (Fsp3) is 0.385. The van der Waals surface area contributed by atoms with Gasteiger partial charge in [-0.1, -0.05) is 42.5 Å². The van der Waals surface area contributed by atoms with Crippen LogP contribution in [0.1, 0.15) is 5.56 Å². The van der Waals surface area contributed by atoms with E-state index in [1.165, 1.54) is 9.87 Å². The van der Waals surface area contributed by atoms with Crippen molar-refractivity contribution in [1.29, 1.82) is 0 Å². The van der Waals surface area contributed by atoms with Crippen LogP contribution < -0.4 is 5.14 Å². The molecule has 0 aromatic heterocycles. The number of nitrogens with two attached hydrogens (primary N) is 1. The molecule has 0 aliphatic carbocycles. The van der Waals surface area contributed by atoms with Crippen LogP contribution in [0.3, 0.4) is 0 Å². The van der Waals surface area contributed by atoms with Crippen LogP contribution in [0.25, 0.3) is 6.08 Å². The molecule has 2 N–H and O–H groups in total. The van der Waals surface area contributed by atoms with E-state index in [1.54, 1.807) is 0 Å². The summed E-state index contributed by atoms with van der Waals surface area (Å²) in [4.78, 5) is 2.21. The van der Waals surface area contributed by atoms with Crippen LogP contribution in [0.2, 0.25) is 0 Å². The molecular formula is C13H19N3O2S. The minimum Gasteiger partial charge on any atom is -0.297 e. The van der Waals surface area contributed by atoms with Crippen molar-refractivity contribution >= 4 is 16.3 Å². The van der Waals surface area contributed by atoms with Gasteiger partial charge < -0.3 is 0 Å². The van der Waals surface area contributed by atoms with Crippen LogP contribution in [0.5, 0.6) is 0 Å². The lowest BCUT2D eigenvalue weighted by Crippen LogP contribution is -2.50. The zero-order valence-corrected chi connectivity index (χ0v) is 11.6. The Morgan fingerprint density at radius 3 is 2.32 bits per heavy atom. The van der Waals surface area contributed by atoms with Crippen LogP contribution in [0.15, 0.2) is 36.4 Å². The summed E-state index contributed by atoms with van der Waals surface area (Å²) in [6.07, 6.45) is 4.17. The molecule has 6 heteroatoms. The smallest absolute Gasteiger partial charge is 0.276 e. The van der Waals surface area contributed by atoms with Gasteiger partial charge in [-0.25, -0.2) is 5.14 Å². The minimum atomic E-state index is -3.52. The van der Waals surface area contributed by atoms with Gasteiger partial charge in [-0.3, -0.25) is 4.90 Å². The number of hydrogen-bond donors (Lipinski definition) is 1. The van der Waals surface area contributed by atoms with Gasteiger partial charge in [0.25, 0.3) is 10.2 Å². The summed E-state index contributed by atoms with van der Waals surface area (Å²) >= 11 is 0. The van der Waals surface area contributed by atoms with E-state index >= 15 is 0 Å². The largest absolute Gasteiger partial charge is 0.297 e. The lowest BCUT2D eigenvalue weighted by Gasteiger charge is -2.32. The number of piperazine rings is 1. The predicted molar refractivity (Wildman–Crippen MR) is 76.6 cm³/mol. The molecule has 1 heterocycles. The summed E-state index contributed by atoms with van der Waals surface area (Å²) in [6.45, 7) is 3.20. The molecule has 1 aliphatic rings. The molecule has 1 aromatic rings. The summed E-state index contributed by atoms with van der Waals surface area (Å²) in [5.74, 6) is 0. The van der Waals surface area contributed by atoms with E-state index in [2.05, 4.69) is 29.2 Å². The highest BCUT2D eigenvalue weighted by atomic mass is 32.2. The van der Waals surface area contributed by atoms with Crippen molar-refractivity contribution in [3.63, 3.8) is 0 Å². The van der Waals surface area contributed by atoms with Crippen molar-refractivity contribution in [2.45, 2.75) is 0 Å². The molecule has 5 nitrogen and oxygen atoms in total. The van der Waals surface area contributed by atoms with Crippen molar-refractivity contribution in [3.05, 3.63) is 42.0 Å². The Bertz CT molecular complexity index is 520. The first-order chi connectivity index (χ1) is 9.05. The summed E-state index contributed by atoms with van der Waals surface area (Å²) in [5, 5.41) is 5.10. The Kier molecular flexibility index (Phi) is 4.71. The molecule has 1 aliphatic heterocycles. The van der Waals surface area contributed by atoms with Crippen molar-refractivity contribution < 1.29 is 8.42 Å². The van der Waals surface area contributed by atoms with Gasteiger partial charge in [-0.2, -0.15) is 12.7 Å². The van der Waals surface area contributed by atoms with Gasteiger partial charge in [-0.05, 0) is 5.56 Å². The normalized spacial score (nSPS) is 19.0. The van der Waals surface area contributed by atoms with Crippen molar-refractivity contribution in [3.8, 4) is 0 Å². The van der Waals surface area contributed by atoms with Gasteiger partial charge in [-0.15, -0.1) is 0 Å². The third-order valence-electron chi connectivity index (χ3n) is 3.16. The standard InChI is InChI=1S/C13H19N3O2S/c14-19(17,18)16-11-9-15(10-12-16)8-4-7-13-5-2-1-3-6-13/h1-7H,8-12H2,(H2,14,17,18)/b7-4+. The Hall–Kier alpha value is -1.21. The molecule has 0 atom stereocenters. The summed E-state index contributed by atoms with van der Waals surface area (Å²) in [6, 6.07) is 10.1. The SMILES string of the molecule is NS(=O)(=O)N1CCN(C/C=C/c2ccccc2)CC1. The van der Waals surface area contributed by atoms with E-state index in [1.807, 2.05) is 18.2 Å². The van der Waals surface area contributed by atoms with Gasteiger partial charge in [0.05, 0.1) is 0 Å². The number of hydrogen-bond acceptors (Lipinski definition) is 3. The predicted octanol–water partition coefficient (Wildman–Crippen LogP) is 0.521. The van der Waals surface area contributed by atoms with Gasteiger partial charge in [0.1, 0.15) is 0 Å². The third kappa shape index (κ3) is 4.43. The summed E-state index contributed by atoms with van der Waals surface area (Å²) in [5.41, 5.74) is 1.17. The molecule has 0 saturated carbocycles. The van der Waals surface area contributed by atoms with Gasteiger partial charge >= 0.3 is 0 Å². The van der Waals surface area contributed by atoms with E-state index in [9.17, 15) is 8.42 Å². The van der Waals surface area contributed by atoms with Gasteiger partial charge in [0.2, 0.25) is 0 Å². The van der Waals surface area contributed by atoms with E-state index < -0.39 is 10.2 Å².